The van der Waals surface area contributed by atoms with Gasteiger partial charge in [-0.3, -0.25) is 4.79 Å². The van der Waals surface area contributed by atoms with Crippen LogP contribution >= 0.6 is 15.9 Å². The summed E-state index contributed by atoms with van der Waals surface area (Å²) in [5.41, 5.74) is 3.81. The fourth-order valence-corrected chi connectivity index (χ4v) is 5.82. The summed E-state index contributed by atoms with van der Waals surface area (Å²) in [6.07, 6.45) is 11.9. The lowest BCUT2D eigenvalue weighted by Crippen LogP contribution is -2.39. The molecule has 0 bridgehead atoms. The van der Waals surface area contributed by atoms with Crippen molar-refractivity contribution < 1.29 is 4.79 Å². The van der Waals surface area contributed by atoms with E-state index in [-0.39, 0.29) is 5.91 Å². The summed E-state index contributed by atoms with van der Waals surface area (Å²) in [7, 11) is 0. The zero-order valence-corrected chi connectivity index (χ0v) is 21.3. The van der Waals surface area contributed by atoms with Crippen LogP contribution in [-0.4, -0.2) is 53.4 Å². The highest BCUT2D eigenvalue weighted by atomic mass is 79.9. The minimum atomic E-state index is 0.140. The highest BCUT2D eigenvalue weighted by molar-refractivity contribution is 9.10. The molecule has 0 saturated carbocycles. The minimum absolute atomic E-state index is 0.140. The number of hydrogen-bond donors (Lipinski definition) is 1. The Balaban J connectivity index is 1.03. The number of benzene rings is 2. The van der Waals surface area contributed by atoms with Crippen LogP contribution < -0.4 is 0 Å². The average molecular weight is 521 g/mol. The quantitative estimate of drug-likeness (QED) is 0.380. The van der Waals surface area contributed by atoms with Gasteiger partial charge >= 0.3 is 0 Å². The van der Waals surface area contributed by atoms with E-state index in [1.54, 1.807) is 6.08 Å². The Bertz CT molecular complexity index is 1120. The van der Waals surface area contributed by atoms with Gasteiger partial charge < -0.3 is 14.8 Å². The van der Waals surface area contributed by atoms with Crippen LogP contribution in [0.15, 0.2) is 65.3 Å². The van der Waals surface area contributed by atoms with Gasteiger partial charge in [0.05, 0.1) is 0 Å². The molecule has 0 aliphatic carbocycles. The van der Waals surface area contributed by atoms with Gasteiger partial charge in [0.2, 0.25) is 5.91 Å². The molecule has 0 spiro atoms. The number of aromatic amines is 1. The zero-order chi connectivity index (χ0) is 23.3. The number of hydrogen-bond acceptors (Lipinski definition) is 2. The molecule has 3 aromatic rings. The van der Waals surface area contributed by atoms with E-state index in [1.165, 1.54) is 55.4 Å². The molecule has 2 fully saturated rings. The Hall–Kier alpha value is -2.37. The van der Waals surface area contributed by atoms with E-state index in [9.17, 15) is 4.79 Å². The third-order valence-electron chi connectivity index (χ3n) is 7.72. The van der Waals surface area contributed by atoms with Crippen molar-refractivity contribution in [3.63, 3.8) is 0 Å². The lowest BCUT2D eigenvalue weighted by atomic mass is 9.88. The number of fused-ring (bicyclic) bond motifs is 1. The van der Waals surface area contributed by atoms with Crippen molar-refractivity contribution in [2.45, 2.75) is 38.0 Å². The highest BCUT2D eigenvalue weighted by Gasteiger charge is 2.25. The maximum atomic E-state index is 12.6. The third-order valence-corrected chi connectivity index (χ3v) is 8.25. The maximum absolute atomic E-state index is 12.6. The van der Waals surface area contributed by atoms with E-state index in [4.69, 9.17) is 0 Å². The predicted molar refractivity (Wildman–Crippen MR) is 144 cm³/mol. The van der Waals surface area contributed by atoms with Gasteiger partial charge in [0.1, 0.15) is 0 Å². The van der Waals surface area contributed by atoms with E-state index in [1.807, 2.05) is 35.2 Å². The lowest BCUT2D eigenvalue weighted by molar-refractivity contribution is -0.127. The summed E-state index contributed by atoms with van der Waals surface area (Å²) < 4.78 is 1.05. The molecule has 2 aromatic carbocycles. The Labute approximate surface area is 211 Å². The molecule has 5 heteroatoms. The first kappa shape index (κ1) is 23.4. The molecule has 4 nitrogen and oxygen atoms in total. The van der Waals surface area contributed by atoms with Crippen LogP contribution in [0.3, 0.4) is 0 Å². The highest BCUT2D eigenvalue weighted by Crippen LogP contribution is 2.33. The Kier molecular flexibility index (Phi) is 7.51. The number of H-pyrrole nitrogens is 1. The molecular formula is C29H34BrN3O. The second kappa shape index (κ2) is 10.9. The van der Waals surface area contributed by atoms with Crippen LogP contribution in [0.5, 0.6) is 0 Å². The van der Waals surface area contributed by atoms with E-state index in [0.717, 1.165) is 41.9 Å². The maximum Gasteiger partial charge on any atom is 0.246 e. The fraction of sp³-hybridized carbons (Fsp3) is 0.414. The number of piperidine rings is 2. The largest absolute Gasteiger partial charge is 0.361 e. The van der Waals surface area contributed by atoms with Crippen LogP contribution in [-0.2, 0) is 4.79 Å². The first-order valence-electron chi connectivity index (χ1n) is 12.7. The molecule has 2 aliphatic rings. The summed E-state index contributed by atoms with van der Waals surface area (Å²) >= 11 is 3.45. The van der Waals surface area contributed by atoms with Gasteiger partial charge in [0.25, 0.3) is 0 Å². The zero-order valence-electron chi connectivity index (χ0n) is 19.8. The smallest absolute Gasteiger partial charge is 0.246 e. The molecule has 0 unspecified atom stereocenters. The number of amides is 1. The van der Waals surface area contributed by atoms with E-state index < -0.39 is 0 Å². The van der Waals surface area contributed by atoms with Crippen molar-refractivity contribution in [2.24, 2.45) is 5.92 Å². The summed E-state index contributed by atoms with van der Waals surface area (Å²) in [5.74, 6) is 1.55. The van der Waals surface area contributed by atoms with Crippen molar-refractivity contribution in [3.8, 4) is 0 Å². The van der Waals surface area contributed by atoms with Crippen LogP contribution in [0, 0.1) is 5.92 Å². The topological polar surface area (TPSA) is 39.3 Å². The van der Waals surface area contributed by atoms with Gasteiger partial charge in [-0.1, -0.05) is 46.3 Å². The molecule has 1 aromatic heterocycles. The van der Waals surface area contributed by atoms with Crippen molar-refractivity contribution in [1.29, 1.82) is 0 Å². The standard InChI is InChI=1S/C29H34BrN3O/c30-25-8-5-22(6-9-25)7-10-29(34)33-19-12-23(13-20-33)11-16-32-17-14-24(15-18-32)27-21-31-28-4-2-1-3-26(27)28/h1-10,21,23-24,31H,11-20H2/b10-7+. The van der Waals surface area contributed by atoms with Gasteiger partial charge in [0, 0.05) is 40.7 Å². The number of carbonyl (C=O) groups is 1. The predicted octanol–water partition coefficient (Wildman–Crippen LogP) is 6.45. The summed E-state index contributed by atoms with van der Waals surface area (Å²) in [6.45, 7) is 5.36. The van der Waals surface area contributed by atoms with E-state index >= 15 is 0 Å². The second-order valence-corrected chi connectivity index (χ2v) is 10.8. The molecule has 1 amide bonds. The minimum Gasteiger partial charge on any atom is -0.361 e. The first-order chi connectivity index (χ1) is 16.7. The molecule has 178 valence electrons. The number of likely N-dealkylation sites (tertiary alicyclic amines) is 2. The Morgan fingerprint density at radius 2 is 1.71 bits per heavy atom. The number of aromatic nitrogens is 1. The number of rotatable bonds is 6. The lowest BCUT2D eigenvalue weighted by Gasteiger charge is -2.35. The van der Waals surface area contributed by atoms with Crippen LogP contribution in [0.2, 0.25) is 0 Å². The fourth-order valence-electron chi connectivity index (χ4n) is 5.55. The van der Waals surface area contributed by atoms with Gasteiger partial charge in [-0.05, 0) is 99.0 Å². The van der Waals surface area contributed by atoms with Crippen molar-refractivity contribution in [3.05, 3.63) is 76.4 Å². The SMILES string of the molecule is O=C(/C=C/c1ccc(Br)cc1)N1CCC(CCN2CCC(c3c[nH]c4ccccc34)CC2)CC1. The van der Waals surface area contributed by atoms with Crippen LogP contribution in [0.1, 0.15) is 49.1 Å². The van der Waals surface area contributed by atoms with Gasteiger partial charge in [-0.2, -0.15) is 0 Å². The number of nitrogens with zero attached hydrogens (tertiary/aromatic N) is 2. The third kappa shape index (κ3) is 5.64. The molecule has 2 saturated heterocycles. The number of nitrogens with one attached hydrogen (secondary N) is 1. The second-order valence-electron chi connectivity index (χ2n) is 9.85. The molecule has 3 heterocycles. The molecular weight excluding hydrogens is 486 g/mol. The Morgan fingerprint density at radius 3 is 2.47 bits per heavy atom. The van der Waals surface area contributed by atoms with Crippen molar-refractivity contribution >= 4 is 38.8 Å². The average Bonchev–Trinajstić information content (AvgIpc) is 3.32. The number of carbonyl (C=O) groups excluding carboxylic acids is 1. The summed E-state index contributed by atoms with van der Waals surface area (Å²) in [5, 5.41) is 1.40. The number of para-hydroxylation sites is 1. The molecule has 0 radical (unpaired) electrons. The summed E-state index contributed by atoms with van der Waals surface area (Å²) in [6, 6.07) is 16.7. The van der Waals surface area contributed by atoms with Crippen molar-refractivity contribution in [2.75, 3.05) is 32.7 Å². The molecule has 5 rings (SSSR count). The Morgan fingerprint density at radius 1 is 0.971 bits per heavy atom. The first-order valence-corrected chi connectivity index (χ1v) is 13.5. The molecule has 34 heavy (non-hydrogen) atoms. The normalized spacial score (nSPS) is 18.8. The molecule has 1 N–H and O–H groups in total. The summed E-state index contributed by atoms with van der Waals surface area (Å²) in [4.78, 5) is 20.7. The monoisotopic (exact) mass is 519 g/mol. The van der Waals surface area contributed by atoms with Gasteiger partial charge in [0.15, 0.2) is 0 Å². The number of halogens is 1. The van der Waals surface area contributed by atoms with Crippen LogP contribution in [0.25, 0.3) is 17.0 Å². The van der Waals surface area contributed by atoms with E-state index in [0.29, 0.717) is 5.92 Å². The van der Waals surface area contributed by atoms with Crippen LogP contribution in [0.4, 0.5) is 0 Å². The van der Waals surface area contributed by atoms with Gasteiger partial charge in [-0.25, -0.2) is 0 Å². The molecule has 0 atom stereocenters. The van der Waals surface area contributed by atoms with Crippen molar-refractivity contribution in [1.82, 2.24) is 14.8 Å². The van der Waals surface area contributed by atoms with Gasteiger partial charge in [-0.15, -0.1) is 0 Å². The van der Waals surface area contributed by atoms with E-state index in [2.05, 4.69) is 56.3 Å². The molecule has 2 aliphatic heterocycles.